The van der Waals surface area contributed by atoms with Gasteiger partial charge in [-0.05, 0) is 42.7 Å². The van der Waals surface area contributed by atoms with Crippen molar-refractivity contribution >= 4 is 23.6 Å². The number of benzene rings is 1. The van der Waals surface area contributed by atoms with Crippen molar-refractivity contribution in [3.8, 4) is 11.6 Å². The second kappa shape index (κ2) is 7.90. The van der Waals surface area contributed by atoms with Crippen LogP contribution < -0.4 is 11.0 Å². The van der Waals surface area contributed by atoms with Crippen molar-refractivity contribution in [1.29, 1.82) is 0 Å². The third kappa shape index (κ3) is 3.94. The zero-order chi connectivity index (χ0) is 19.5. The number of aromatic nitrogens is 3. The van der Waals surface area contributed by atoms with Gasteiger partial charge in [-0.1, -0.05) is 29.8 Å². The molecular weight excluding hydrogens is 380 g/mol. The van der Waals surface area contributed by atoms with Crippen LogP contribution in [0.4, 0.5) is 0 Å². The highest BCUT2D eigenvalue weighted by molar-refractivity contribution is 6.32. The van der Waals surface area contributed by atoms with E-state index in [4.69, 9.17) is 16.0 Å². The van der Waals surface area contributed by atoms with Gasteiger partial charge in [-0.25, -0.2) is 9.48 Å². The fraction of sp³-hybridized carbons (Fsp3) is 0.250. The topological polar surface area (TPSA) is 82.1 Å². The van der Waals surface area contributed by atoms with E-state index in [1.165, 1.54) is 10.8 Å². The first kappa shape index (κ1) is 18.3. The molecule has 0 aliphatic heterocycles. The highest BCUT2D eigenvalue weighted by atomic mass is 35.5. The maximum atomic E-state index is 12.7. The lowest BCUT2D eigenvalue weighted by molar-refractivity contribution is -0.116. The monoisotopic (exact) mass is 398 g/mol. The van der Waals surface area contributed by atoms with Crippen LogP contribution in [-0.2, 0) is 11.3 Å². The van der Waals surface area contributed by atoms with Crippen LogP contribution in [0.1, 0.15) is 24.4 Å². The second-order valence-electron chi connectivity index (χ2n) is 6.55. The Kier molecular flexibility index (Phi) is 5.16. The first-order chi connectivity index (χ1) is 13.6. The number of hydrogen-bond donors (Lipinski definition) is 1. The lowest BCUT2D eigenvalue weighted by atomic mass is 10.2. The molecule has 0 unspecified atom stereocenters. The molecule has 144 valence electrons. The fourth-order valence-electron chi connectivity index (χ4n) is 2.92. The molecule has 7 nitrogen and oxygen atoms in total. The van der Waals surface area contributed by atoms with Crippen molar-refractivity contribution in [3.05, 3.63) is 69.8 Å². The van der Waals surface area contributed by atoms with E-state index in [1.54, 1.807) is 35.1 Å². The standard InChI is InChI=1S/C20H19ClN4O3/c21-16-5-2-1-4-14(16)7-10-18(26)22-11-12-24-20(27)25(15-8-9-15)19(23-24)17-6-3-13-28-17/h1-7,10,13,15H,8-9,11-12H2,(H,22,26)/b10-7+. The number of amides is 1. The molecule has 3 aromatic rings. The number of rotatable bonds is 7. The Labute approximate surface area is 166 Å². The van der Waals surface area contributed by atoms with Gasteiger partial charge in [0.05, 0.1) is 12.8 Å². The number of carbonyl (C=O) groups is 1. The summed E-state index contributed by atoms with van der Waals surface area (Å²) >= 11 is 6.06. The van der Waals surface area contributed by atoms with Gasteiger partial charge in [0.2, 0.25) is 11.7 Å². The van der Waals surface area contributed by atoms with Crippen molar-refractivity contribution < 1.29 is 9.21 Å². The number of nitrogens with zero attached hydrogens (tertiary/aromatic N) is 3. The van der Waals surface area contributed by atoms with E-state index in [0.29, 0.717) is 16.6 Å². The van der Waals surface area contributed by atoms with E-state index in [9.17, 15) is 9.59 Å². The van der Waals surface area contributed by atoms with E-state index < -0.39 is 0 Å². The molecule has 0 bridgehead atoms. The SMILES string of the molecule is O=C(/C=C/c1ccccc1Cl)NCCn1nc(-c2ccco2)n(C2CC2)c1=O. The van der Waals surface area contributed by atoms with Gasteiger partial charge in [-0.2, -0.15) is 0 Å². The third-order valence-electron chi connectivity index (χ3n) is 4.47. The van der Waals surface area contributed by atoms with Gasteiger partial charge in [0.25, 0.3) is 0 Å². The molecule has 1 aromatic carbocycles. The molecule has 1 fully saturated rings. The molecule has 1 amide bonds. The van der Waals surface area contributed by atoms with Crippen LogP contribution >= 0.6 is 11.6 Å². The zero-order valence-corrected chi connectivity index (χ0v) is 15.8. The van der Waals surface area contributed by atoms with E-state index in [1.807, 2.05) is 18.2 Å². The molecule has 1 saturated carbocycles. The summed E-state index contributed by atoms with van der Waals surface area (Å²) in [6, 6.07) is 11.0. The summed E-state index contributed by atoms with van der Waals surface area (Å²) in [6.45, 7) is 0.558. The van der Waals surface area contributed by atoms with E-state index in [-0.39, 0.29) is 30.7 Å². The van der Waals surface area contributed by atoms with Gasteiger partial charge >= 0.3 is 5.69 Å². The molecule has 2 aromatic heterocycles. The molecular formula is C20H19ClN4O3. The minimum atomic E-state index is -0.263. The molecule has 0 saturated heterocycles. The normalized spacial score (nSPS) is 13.9. The van der Waals surface area contributed by atoms with Crippen LogP contribution in [0.5, 0.6) is 0 Å². The van der Waals surface area contributed by atoms with E-state index >= 15 is 0 Å². The summed E-state index contributed by atoms with van der Waals surface area (Å²) < 4.78 is 8.46. The fourth-order valence-corrected chi connectivity index (χ4v) is 3.12. The average molecular weight is 399 g/mol. The molecule has 0 spiro atoms. The number of carbonyl (C=O) groups excluding carboxylic acids is 1. The van der Waals surface area contributed by atoms with Crippen LogP contribution in [0, 0.1) is 0 Å². The number of furan rings is 1. The van der Waals surface area contributed by atoms with Gasteiger partial charge in [0.15, 0.2) is 5.76 Å². The first-order valence-electron chi connectivity index (χ1n) is 9.07. The molecule has 1 N–H and O–H groups in total. The summed E-state index contributed by atoms with van der Waals surface area (Å²) in [6.07, 6.45) is 6.55. The predicted octanol–water partition coefficient (Wildman–Crippen LogP) is 3.12. The largest absolute Gasteiger partial charge is 0.461 e. The van der Waals surface area contributed by atoms with Gasteiger partial charge < -0.3 is 9.73 Å². The van der Waals surface area contributed by atoms with E-state index in [2.05, 4.69) is 10.4 Å². The highest BCUT2D eigenvalue weighted by Gasteiger charge is 2.31. The second-order valence-corrected chi connectivity index (χ2v) is 6.96. The first-order valence-corrected chi connectivity index (χ1v) is 9.45. The van der Waals surface area contributed by atoms with Gasteiger partial charge in [0.1, 0.15) is 0 Å². The molecule has 2 heterocycles. The Morgan fingerprint density at radius 2 is 2.11 bits per heavy atom. The van der Waals surface area contributed by atoms with Gasteiger partial charge in [-0.15, -0.1) is 5.10 Å². The number of nitrogens with one attached hydrogen (secondary N) is 1. The van der Waals surface area contributed by atoms with Gasteiger partial charge in [-0.3, -0.25) is 9.36 Å². The van der Waals surface area contributed by atoms with E-state index in [0.717, 1.165) is 18.4 Å². The van der Waals surface area contributed by atoms with Crippen molar-refractivity contribution in [3.63, 3.8) is 0 Å². The maximum Gasteiger partial charge on any atom is 0.346 e. The molecule has 0 radical (unpaired) electrons. The Bertz CT molecular complexity index is 1060. The molecule has 1 aliphatic rings. The van der Waals surface area contributed by atoms with Crippen LogP contribution in [0.25, 0.3) is 17.7 Å². The molecule has 4 rings (SSSR count). The molecule has 0 atom stereocenters. The summed E-state index contributed by atoms with van der Waals surface area (Å²) in [7, 11) is 0. The minimum absolute atomic E-state index is 0.175. The van der Waals surface area contributed by atoms with Crippen LogP contribution in [0.3, 0.4) is 0 Å². The smallest absolute Gasteiger partial charge is 0.346 e. The summed E-state index contributed by atoms with van der Waals surface area (Å²) in [5, 5.41) is 7.74. The summed E-state index contributed by atoms with van der Waals surface area (Å²) in [5.74, 6) is 0.831. The Morgan fingerprint density at radius 3 is 2.82 bits per heavy atom. The molecule has 8 heteroatoms. The zero-order valence-electron chi connectivity index (χ0n) is 15.0. The van der Waals surface area contributed by atoms with Gasteiger partial charge in [0, 0.05) is 23.7 Å². The highest BCUT2D eigenvalue weighted by Crippen LogP contribution is 2.36. The predicted molar refractivity (Wildman–Crippen MR) is 106 cm³/mol. The van der Waals surface area contributed by atoms with Crippen molar-refractivity contribution in [2.75, 3.05) is 6.54 Å². The van der Waals surface area contributed by atoms with Crippen LogP contribution in [0.15, 0.2) is 57.9 Å². The Morgan fingerprint density at radius 1 is 1.29 bits per heavy atom. The van der Waals surface area contributed by atoms with Crippen molar-refractivity contribution in [1.82, 2.24) is 19.7 Å². The van der Waals surface area contributed by atoms with Crippen molar-refractivity contribution in [2.24, 2.45) is 0 Å². The van der Waals surface area contributed by atoms with Crippen molar-refractivity contribution in [2.45, 2.75) is 25.4 Å². The Hall–Kier alpha value is -3.06. The molecule has 28 heavy (non-hydrogen) atoms. The minimum Gasteiger partial charge on any atom is -0.461 e. The third-order valence-corrected chi connectivity index (χ3v) is 4.81. The van der Waals surface area contributed by atoms with Crippen LogP contribution in [0.2, 0.25) is 5.02 Å². The number of hydrogen-bond acceptors (Lipinski definition) is 4. The Balaban J connectivity index is 1.40. The number of halogens is 1. The lowest BCUT2D eigenvalue weighted by Crippen LogP contribution is -2.31. The summed E-state index contributed by atoms with van der Waals surface area (Å²) in [5.41, 5.74) is 0.580. The maximum absolute atomic E-state index is 12.7. The lowest BCUT2D eigenvalue weighted by Gasteiger charge is -2.02. The van der Waals surface area contributed by atoms with Crippen LogP contribution in [-0.4, -0.2) is 26.8 Å². The quantitative estimate of drug-likeness (QED) is 0.620. The average Bonchev–Trinajstić information content (AvgIpc) is 3.26. The summed E-state index contributed by atoms with van der Waals surface area (Å²) in [4.78, 5) is 24.7. The molecule has 1 aliphatic carbocycles.